The van der Waals surface area contributed by atoms with Crippen molar-refractivity contribution in [3.63, 3.8) is 0 Å². The van der Waals surface area contributed by atoms with Gasteiger partial charge in [-0.3, -0.25) is 0 Å². The van der Waals surface area contributed by atoms with E-state index in [1.807, 2.05) is 31.2 Å². The third-order valence-corrected chi connectivity index (χ3v) is 5.14. The molecule has 0 heterocycles. The van der Waals surface area contributed by atoms with Gasteiger partial charge in [0.2, 0.25) is 0 Å². The first kappa shape index (κ1) is 30.8. The minimum Gasteiger partial charge on any atom is -0.478 e. The first-order valence-corrected chi connectivity index (χ1v) is 13.1. The summed E-state index contributed by atoms with van der Waals surface area (Å²) in [7, 11) is 0. The zero-order valence-corrected chi connectivity index (χ0v) is 23.2. The average Bonchev–Trinajstić information content (AvgIpc) is 3.65. The number of hydrogen-bond acceptors (Lipinski definition) is 2. The molecule has 0 aromatic heterocycles. The minimum absolute atomic E-state index is 0.331. The molecule has 0 saturated carbocycles. The Bertz CT molecular complexity index is 1360. The van der Waals surface area contributed by atoms with Crippen LogP contribution in [0.4, 0.5) is 0 Å². The third-order valence-electron chi connectivity index (χ3n) is 5.14. The Morgan fingerprint density at radius 2 is 0.872 bits per heavy atom. The largest absolute Gasteiger partial charge is 0.478 e. The second-order valence-electron chi connectivity index (χ2n) is 7.94. The molecule has 194 valence electrons. The van der Waals surface area contributed by atoms with Gasteiger partial charge in [0.05, 0.1) is 11.1 Å². The van der Waals surface area contributed by atoms with Gasteiger partial charge < -0.3 is 10.2 Å². The molecule has 0 amide bonds. The molecule has 0 bridgehead atoms. The number of hydrogen-bond donors (Lipinski definition) is 2. The van der Waals surface area contributed by atoms with Gasteiger partial charge in [0.15, 0.2) is 0 Å². The molecule has 2 N–H and O–H groups in total. The van der Waals surface area contributed by atoms with Crippen molar-refractivity contribution >= 4 is 37.8 Å². The van der Waals surface area contributed by atoms with Crippen molar-refractivity contribution in [1.29, 1.82) is 0 Å². The zero-order chi connectivity index (χ0) is 28.3. The summed E-state index contributed by atoms with van der Waals surface area (Å²) in [6, 6.07) is 45.9. The number of fused-ring (bicyclic) bond motifs is 2. The molecule has 6 rings (SSSR count). The van der Waals surface area contributed by atoms with Crippen molar-refractivity contribution in [2.24, 2.45) is 0 Å². The Balaban J connectivity index is 0.000000176. The number of carbonyl (C=O) groups is 2. The van der Waals surface area contributed by atoms with Crippen LogP contribution in [-0.4, -0.2) is 26.5 Å². The van der Waals surface area contributed by atoms with Crippen LogP contribution in [0.5, 0.6) is 0 Å². The van der Waals surface area contributed by atoms with E-state index in [1.165, 1.54) is 21.5 Å². The molecule has 6 aromatic rings. The van der Waals surface area contributed by atoms with Crippen molar-refractivity contribution < 1.29 is 39.8 Å². The predicted octanol–water partition coefficient (Wildman–Crippen LogP) is 8.24. The number of carboxylic acids is 2. The van der Waals surface area contributed by atoms with Gasteiger partial charge in [-0.1, -0.05) is 48.5 Å². The van der Waals surface area contributed by atoms with Crippen LogP contribution in [0.25, 0.3) is 21.5 Å². The fraction of sp³-hybridized carbons (Fsp3) is 0.0294. The van der Waals surface area contributed by atoms with Gasteiger partial charge in [-0.05, 0) is 24.3 Å². The molecule has 6 aromatic carbocycles. The van der Waals surface area contributed by atoms with Crippen molar-refractivity contribution in [3.05, 3.63) is 157 Å². The second kappa shape index (κ2) is 18.0. The SMILES string of the molecule is C[CH]=[Ti+2].O=C(O)c1ccccc1.O=C(O)c1ccccc1.c1ccc2[cH-]ccc2c1.c1ccc2[cH-]ccc2c1. The normalized spacial score (nSPS) is 9.21. The Hall–Kier alpha value is -4.38. The summed E-state index contributed by atoms with van der Waals surface area (Å²) in [5.41, 5.74) is 0.662. The van der Waals surface area contributed by atoms with Crippen LogP contribution in [0.2, 0.25) is 0 Å². The van der Waals surface area contributed by atoms with Gasteiger partial charge in [-0.15, -0.1) is 59.3 Å². The Morgan fingerprint density at radius 1 is 0.564 bits per heavy atom. The van der Waals surface area contributed by atoms with E-state index in [1.54, 1.807) is 60.7 Å². The molecule has 0 unspecified atom stereocenters. The summed E-state index contributed by atoms with van der Waals surface area (Å²) >= 11 is 2.00. The smallest absolute Gasteiger partial charge is 0.335 e. The van der Waals surface area contributed by atoms with Gasteiger partial charge >= 0.3 is 43.1 Å². The molecule has 0 saturated heterocycles. The van der Waals surface area contributed by atoms with Gasteiger partial charge in [0.25, 0.3) is 0 Å². The molecule has 0 aliphatic rings. The maximum atomic E-state index is 10.2. The van der Waals surface area contributed by atoms with Crippen LogP contribution in [0.1, 0.15) is 27.6 Å². The average molecular weight is 550 g/mol. The molecule has 4 nitrogen and oxygen atoms in total. The van der Waals surface area contributed by atoms with Gasteiger partial charge in [-0.2, -0.15) is 35.0 Å². The van der Waals surface area contributed by atoms with E-state index in [0.717, 1.165) is 0 Å². The maximum absolute atomic E-state index is 10.2. The van der Waals surface area contributed by atoms with Gasteiger partial charge in [0, 0.05) is 0 Å². The Morgan fingerprint density at radius 3 is 1.15 bits per heavy atom. The summed E-state index contributed by atoms with van der Waals surface area (Å²) in [4.78, 5) is 20.4. The number of rotatable bonds is 2. The van der Waals surface area contributed by atoms with Gasteiger partial charge in [-0.25, -0.2) is 9.59 Å². The third kappa shape index (κ3) is 11.7. The molecule has 39 heavy (non-hydrogen) atoms. The van der Waals surface area contributed by atoms with Crippen LogP contribution in [0.3, 0.4) is 0 Å². The minimum atomic E-state index is -0.879. The number of aromatic carboxylic acids is 2. The maximum Gasteiger partial charge on any atom is 0.335 e. The number of benzene rings is 4. The molecule has 0 spiro atoms. The predicted molar refractivity (Wildman–Crippen MR) is 158 cm³/mol. The van der Waals surface area contributed by atoms with E-state index in [-0.39, 0.29) is 0 Å². The summed E-state index contributed by atoms with van der Waals surface area (Å²) in [5.74, 6) is -1.76. The first-order chi connectivity index (χ1) is 19.0. The molecule has 0 aliphatic heterocycles. The zero-order valence-electron chi connectivity index (χ0n) is 21.6. The van der Waals surface area contributed by atoms with Crippen molar-refractivity contribution in [2.75, 3.05) is 0 Å². The van der Waals surface area contributed by atoms with Crippen LogP contribution >= 0.6 is 0 Å². The van der Waals surface area contributed by atoms with Crippen LogP contribution < -0.4 is 0 Å². The van der Waals surface area contributed by atoms with Crippen molar-refractivity contribution in [1.82, 2.24) is 0 Å². The molecule has 0 radical (unpaired) electrons. The van der Waals surface area contributed by atoms with E-state index < -0.39 is 11.9 Å². The second-order valence-corrected chi connectivity index (χ2v) is 8.84. The van der Waals surface area contributed by atoms with E-state index in [9.17, 15) is 9.59 Å². The van der Waals surface area contributed by atoms with Crippen molar-refractivity contribution in [2.45, 2.75) is 6.92 Å². The summed E-state index contributed by atoms with van der Waals surface area (Å²) < 4.78 is 2.00. The summed E-state index contributed by atoms with van der Waals surface area (Å²) in [5, 5.41) is 22.1. The quantitative estimate of drug-likeness (QED) is 0.168. The standard InChI is InChI=1S/2C9H7.2C7H6O2.C2H4.Ti/c2*1-2-5-9-7-3-6-8(9)4-1;2*8-7(9)6-4-2-1-3-5-6;1-2;/h2*1-7H;2*1-5H,(H,8,9);1H,2H3;/q2*-1;;;;+2. The van der Waals surface area contributed by atoms with Crippen molar-refractivity contribution in [3.8, 4) is 0 Å². The van der Waals surface area contributed by atoms with Crippen LogP contribution in [-0.2, 0) is 20.0 Å². The fourth-order valence-corrected chi connectivity index (χ4v) is 3.30. The molecular weight excluding hydrogens is 520 g/mol. The topological polar surface area (TPSA) is 74.6 Å². The van der Waals surface area contributed by atoms with Crippen LogP contribution in [0.15, 0.2) is 146 Å². The van der Waals surface area contributed by atoms with E-state index in [0.29, 0.717) is 11.1 Å². The van der Waals surface area contributed by atoms with Gasteiger partial charge in [0.1, 0.15) is 0 Å². The summed E-state index contributed by atoms with van der Waals surface area (Å²) in [6.45, 7) is 2.00. The van der Waals surface area contributed by atoms with E-state index in [4.69, 9.17) is 10.2 Å². The van der Waals surface area contributed by atoms with Crippen LogP contribution in [0, 0.1) is 0 Å². The Labute approximate surface area is 240 Å². The van der Waals surface area contributed by atoms with E-state index in [2.05, 4.69) is 84.9 Å². The molecule has 0 fully saturated rings. The Kier molecular flexibility index (Phi) is 14.2. The number of carboxylic acid groups (broad SMARTS) is 2. The monoisotopic (exact) mass is 550 g/mol. The molecule has 0 aliphatic carbocycles. The fourth-order valence-electron chi connectivity index (χ4n) is 3.30. The molecule has 0 atom stereocenters. The molecule has 5 heteroatoms. The first-order valence-electron chi connectivity index (χ1n) is 12.2. The molecular formula is C34H30O4Ti. The van der Waals surface area contributed by atoms with E-state index >= 15 is 0 Å². The summed E-state index contributed by atoms with van der Waals surface area (Å²) in [6.07, 6.45) is 0.